The van der Waals surface area contributed by atoms with Crippen molar-refractivity contribution in [2.24, 2.45) is 0 Å². The minimum absolute atomic E-state index is 0.0525. The summed E-state index contributed by atoms with van der Waals surface area (Å²) in [6.45, 7) is 2.63. The molecule has 20 heavy (non-hydrogen) atoms. The van der Waals surface area contributed by atoms with E-state index >= 15 is 0 Å². The van der Waals surface area contributed by atoms with Gasteiger partial charge in [0.15, 0.2) is 0 Å². The minimum Gasteiger partial charge on any atom is -0.383 e. The maximum atomic E-state index is 10.8. The minimum atomic E-state index is -0.471. The lowest BCUT2D eigenvalue weighted by Crippen LogP contribution is -2.18. The van der Waals surface area contributed by atoms with Crippen LogP contribution in [-0.4, -0.2) is 17.0 Å². The van der Waals surface area contributed by atoms with E-state index in [4.69, 9.17) is 5.73 Å². The Labute approximate surface area is 117 Å². The molecule has 0 aliphatic carbocycles. The molecule has 1 aromatic heterocycles. The molecule has 0 amide bonds. The Hall–Kier alpha value is -2.63. The molecule has 104 valence electrons. The molecule has 0 unspecified atom stereocenters. The fourth-order valence-electron chi connectivity index (χ4n) is 1.87. The maximum absolute atomic E-state index is 10.8. The Morgan fingerprint density at radius 1 is 1.30 bits per heavy atom. The zero-order valence-electron chi connectivity index (χ0n) is 11.4. The molecule has 6 nitrogen and oxygen atoms in total. The van der Waals surface area contributed by atoms with Gasteiger partial charge in [0.1, 0.15) is 11.6 Å². The predicted octanol–water partition coefficient (Wildman–Crippen LogP) is 2.52. The summed E-state index contributed by atoms with van der Waals surface area (Å²) in [5.41, 5.74) is 7.84. The van der Waals surface area contributed by atoms with Crippen LogP contribution in [0.4, 0.5) is 17.3 Å². The zero-order chi connectivity index (χ0) is 14.7. The van der Waals surface area contributed by atoms with Crippen LogP contribution in [0, 0.1) is 17.0 Å². The number of nitrogen functional groups attached to an aromatic ring is 1. The third kappa shape index (κ3) is 3.23. The summed E-state index contributed by atoms with van der Waals surface area (Å²) in [7, 11) is 1.82. The molecule has 0 radical (unpaired) electrons. The van der Waals surface area contributed by atoms with Crippen LogP contribution in [0.5, 0.6) is 0 Å². The average molecular weight is 272 g/mol. The van der Waals surface area contributed by atoms with Crippen molar-refractivity contribution in [3.63, 3.8) is 0 Å². The van der Waals surface area contributed by atoms with E-state index in [1.165, 1.54) is 17.7 Å². The van der Waals surface area contributed by atoms with Crippen molar-refractivity contribution in [3.05, 3.63) is 57.6 Å². The summed E-state index contributed by atoms with van der Waals surface area (Å²) in [6, 6.07) is 10.8. The summed E-state index contributed by atoms with van der Waals surface area (Å²) in [4.78, 5) is 16.3. The van der Waals surface area contributed by atoms with E-state index in [0.29, 0.717) is 12.4 Å². The van der Waals surface area contributed by atoms with Gasteiger partial charge < -0.3 is 10.6 Å². The molecule has 0 aliphatic heterocycles. The summed E-state index contributed by atoms with van der Waals surface area (Å²) >= 11 is 0. The SMILES string of the molecule is Cc1ccc(CN(C)c2cc([N+](=O)[O-])cc(N)n2)cc1. The second-order valence-corrected chi connectivity index (χ2v) is 4.71. The average Bonchev–Trinajstić information content (AvgIpc) is 2.40. The Kier molecular flexibility index (Phi) is 3.84. The number of rotatable bonds is 4. The van der Waals surface area contributed by atoms with Crippen molar-refractivity contribution < 1.29 is 4.92 Å². The van der Waals surface area contributed by atoms with Gasteiger partial charge in [-0.1, -0.05) is 29.8 Å². The number of hydrogen-bond donors (Lipinski definition) is 1. The fraction of sp³-hybridized carbons (Fsp3) is 0.214. The van der Waals surface area contributed by atoms with E-state index in [-0.39, 0.29) is 11.5 Å². The second kappa shape index (κ2) is 5.56. The van der Waals surface area contributed by atoms with Crippen molar-refractivity contribution in [2.45, 2.75) is 13.5 Å². The van der Waals surface area contributed by atoms with Crippen LogP contribution in [0.1, 0.15) is 11.1 Å². The smallest absolute Gasteiger partial charge is 0.276 e. The highest BCUT2D eigenvalue weighted by Crippen LogP contribution is 2.22. The van der Waals surface area contributed by atoms with Crippen molar-refractivity contribution in [1.29, 1.82) is 0 Å². The molecule has 2 N–H and O–H groups in total. The van der Waals surface area contributed by atoms with Crippen LogP contribution >= 0.6 is 0 Å². The molecule has 6 heteroatoms. The van der Waals surface area contributed by atoms with Crippen molar-refractivity contribution in [1.82, 2.24) is 4.98 Å². The molecule has 0 aliphatic rings. The van der Waals surface area contributed by atoms with Gasteiger partial charge in [-0.25, -0.2) is 4.98 Å². The standard InChI is InChI=1S/C14H16N4O2/c1-10-3-5-11(6-4-10)9-17(2)14-8-12(18(19)20)7-13(15)16-14/h3-8H,9H2,1-2H3,(H2,15,16). The Morgan fingerprint density at radius 3 is 2.55 bits per heavy atom. The van der Waals surface area contributed by atoms with Gasteiger partial charge in [0.2, 0.25) is 0 Å². The van der Waals surface area contributed by atoms with Crippen molar-refractivity contribution >= 4 is 17.3 Å². The molecule has 0 fully saturated rings. The predicted molar refractivity (Wildman–Crippen MR) is 78.6 cm³/mol. The van der Waals surface area contributed by atoms with E-state index in [2.05, 4.69) is 4.98 Å². The molecule has 0 saturated heterocycles. The van der Waals surface area contributed by atoms with Crippen LogP contribution in [0.2, 0.25) is 0 Å². The molecule has 0 bridgehead atoms. The molecule has 1 aromatic carbocycles. The van der Waals surface area contributed by atoms with E-state index in [0.717, 1.165) is 5.56 Å². The monoisotopic (exact) mass is 272 g/mol. The van der Waals surface area contributed by atoms with Crippen LogP contribution in [-0.2, 0) is 6.54 Å². The maximum Gasteiger partial charge on any atom is 0.276 e. The number of nitrogens with two attached hydrogens (primary N) is 1. The van der Waals surface area contributed by atoms with E-state index in [1.807, 2.05) is 43.1 Å². The van der Waals surface area contributed by atoms with Gasteiger partial charge in [-0.2, -0.15) is 0 Å². The number of anilines is 2. The molecule has 1 heterocycles. The van der Waals surface area contributed by atoms with Gasteiger partial charge in [-0.3, -0.25) is 10.1 Å². The molecule has 0 spiro atoms. The normalized spacial score (nSPS) is 10.3. The molecule has 2 rings (SSSR count). The number of hydrogen-bond acceptors (Lipinski definition) is 5. The first-order valence-corrected chi connectivity index (χ1v) is 6.14. The number of benzene rings is 1. The first-order chi connectivity index (χ1) is 9.45. The fourth-order valence-corrected chi connectivity index (χ4v) is 1.87. The number of nitro groups is 1. The topological polar surface area (TPSA) is 85.3 Å². The van der Waals surface area contributed by atoms with Crippen LogP contribution in [0.3, 0.4) is 0 Å². The zero-order valence-corrected chi connectivity index (χ0v) is 11.4. The van der Waals surface area contributed by atoms with Gasteiger partial charge in [0, 0.05) is 13.6 Å². The van der Waals surface area contributed by atoms with Crippen LogP contribution in [0.15, 0.2) is 36.4 Å². The molecular weight excluding hydrogens is 256 g/mol. The van der Waals surface area contributed by atoms with E-state index in [9.17, 15) is 10.1 Å². The summed E-state index contributed by atoms with van der Waals surface area (Å²) in [6.07, 6.45) is 0. The molecule has 0 atom stereocenters. The highest BCUT2D eigenvalue weighted by Gasteiger charge is 2.12. The molecular formula is C14H16N4O2. The lowest BCUT2D eigenvalue weighted by Gasteiger charge is -2.18. The highest BCUT2D eigenvalue weighted by atomic mass is 16.6. The van der Waals surface area contributed by atoms with Crippen molar-refractivity contribution in [2.75, 3.05) is 17.7 Å². The van der Waals surface area contributed by atoms with Crippen LogP contribution in [0.25, 0.3) is 0 Å². The third-order valence-corrected chi connectivity index (χ3v) is 2.96. The largest absolute Gasteiger partial charge is 0.383 e. The van der Waals surface area contributed by atoms with Gasteiger partial charge in [0.25, 0.3) is 5.69 Å². The van der Waals surface area contributed by atoms with Crippen molar-refractivity contribution in [3.8, 4) is 0 Å². The molecule has 0 saturated carbocycles. The lowest BCUT2D eigenvalue weighted by atomic mass is 10.1. The van der Waals surface area contributed by atoms with Crippen LogP contribution < -0.4 is 10.6 Å². The first kappa shape index (κ1) is 13.8. The quantitative estimate of drug-likeness (QED) is 0.682. The lowest BCUT2D eigenvalue weighted by molar-refractivity contribution is -0.384. The molecule has 2 aromatic rings. The number of pyridine rings is 1. The Balaban J connectivity index is 2.22. The van der Waals surface area contributed by atoms with Gasteiger partial charge in [-0.05, 0) is 12.5 Å². The Bertz CT molecular complexity index is 626. The summed E-state index contributed by atoms with van der Waals surface area (Å²) in [5, 5.41) is 10.8. The van der Waals surface area contributed by atoms with E-state index in [1.54, 1.807) is 0 Å². The number of nitrogens with zero attached hydrogens (tertiary/aromatic N) is 3. The summed E-state index contributed by atoms with van der Waals surface area (Å²) < 4.78 is 0. The second-order valence-electron chi connectivity index (χ2n) is 4.71. The van der Waals surface area contributed by atoms with Gasteiger partial charge in [0.05, 0.1) is 17.1 Å². The van der Waals surface area contributed by atoms with Gasteiger partial charge in [-0.15, -0.1) is 0 Å². The Morgan fingerprint density at radius 2 is 1.95 bits per heavy atom. The third-order valence-electron chi connectivity index (χ3n) is 2.96. The van der Waals surface area contributed by atoms with Gasteiger partial charge >= 0.3 is 0 Å². The number of aryl methyl sites for hydroxylation is 1. The highest BCUT2D eigenvalue weighted by molar-refractivity contribution is 5.54. The number of aromatic nitrogens is 1. The first-order valence-electron chi connectivity index (χ1n) is 6.14. The summed E-state index contributed by atoms with van der Waals surface area (Å²) in [5.74, 6) is 0.627. The van der Waals surface area contributed by atoms with E-state index < -0.39 is 4.92 Å².